The van der Waals surface area contributed by atoms with Crippen molar-refractivity contribution in [3.8, 4) is 0 Å². The molecule has 2 aromatic rings. The van der Waals surface area contributed by atoms with Crippen LogP contribution in [-0.2, 0) is 11.8 Å². The second-order valence-electron chi connectivity index (χ2n) is 4.33. The van der Waals surface area contributed by atoms with Gasteiger partial charge in [0.05, 0.1) is 11.8 Å². The van der Waals surface area contributed by atoms with E-state index in [9.17, 15) is 4.79 Å². The number of benzene rings is 1. The molecule has 1 aromatic carbocycles. The maximum absolute atomic E-state index is 11.9. The van der Waals surface area contributed by atoms with Gasteiger partial charge in [0.25, 0.3) is 0 Å². The molecule has 1 heterocycles. The molecule has 0 aliphatic carbocycles. The van der Waals surface area contributed by atoms with Crippen molar-refractivity contribution < 1.29 is 4.79 Å². The minimum atomic E-state index is -0.208. The Balaban J connectivity index is 1.91. The van der Waals surface area contributed by atoms with Crippen LogP contribution < -0.4 is 5.32 Å². The third kappa shape index (κ3) is 4.33. The summed E-state index contributed by atoms with van der Waals surface area (Å²) in [7, 11) is 1.72. The molecule has 0 spiro atoms. The van der Waals surface area contributed by atoms with Crippen LogP contribution in [0.4, 0.5) is 0 Å². The molecule has 6 nitrogen and oxygen atoms in total. The Morgan fingerprint density at radius 3 is 2.86 bits per heavy atom. The lowest BCUT2D eigenvalue weighted by Gasteiger charge is -2.15. The van der Waals surface area contributed by atoms with Gasteiger partial charge < -0.3 is 5.32 Å². The third-order valence-corrected chi connectivity index (χ3v) is 4.29. The molecule has 0 fully saturated rings. The topological polar surface area (TPSA) is 72.7 Å². The average Bonchev–Trinajstić information content (AvgIpc) is 2.81. The van der Waals surface area contributed by atoms with Crippen molar-refractivity contribution in [1.29, 1.82) is 0 Å². The Morgan fingerprint density at radius 1 is 1.48 bits per heavy atom. The summed E-state index contributed by atoms with van der Waals surface area (Å²) in [6, 6.07) is 4.99. The van der Waals surface area contributed by atoms with Crippen molar-refractivity contribution in [2.45, 2.75) is 18.1 Å². The van der Waals surface area contributed by atoms with Crippen LogP contribution in [0.5, 0.6) is 0 Å². The Morgan fingerprint density at radius 2 is 2.24 bits per heavy atom. The van der Waals surface area contributed by atoms with Gasteiger partial charge in [-0.05, 0) is 35.0 Å². The number of carbonyl (C=O) groups excluding carboxylic acids is 1. The normalized spacial score (nSPS) is 12.2. The predicted molar refractivity (Wildman–Crippen MR) is 82.5 cm³/mol. The van der Waals surface area contributed by atoms with E-state index in [2.05, 4.69) is 20.8 Å². The second-order valence-corrected chi connectivity index (χ2v) is 6.11. The molecule has 1 aromatic heterocycles. The first-order valence-electron chi connectivity index (χ1n) is 6.07. The van der Waals surface area contributed by atoms with Crippen molar-refractivity contribution in [3.05, 3.63) is 33.8 Å². The first kappa shape index (κ1) is 16.1. The van der Waals surface area contributed by atoms with Gasteiger partial charge in [0.15, 0.2) is 0 Å². The third-order valence-electron chi connectivity index (χ3n) is 2.72. The van der Waals surface area contributed by atoms with E-state index in [0.29, 0.717) is 15.2 Å². The van der Waals surface area contributed by atoms with E-state index >= 15 is 0 Å². The summed E-state index contributed by atoms with van der Waals surface area (Å²) >= 11 is 13.2. The van der Waals surface area contributed by atoms with E-state index in [-0.39, 0.29) is 17.7 Å². The summed E-state index contributed by atoms with van der Waals surface area (Å²) in [4.78, 5) is 11.9. The van der Waals surface area contributed by atoms with Crippen LogP contribution in [0.2, 0.25) is 10.0 Å². The van der Waals surface area contributed by atoms with Crippen LogP contribution in [0.3, 0.4) is 0 Å². The molecule has 1 unspecified atom stereocenters. The minimum absolute atomic E-state index is 0.124. The first-order chi connectivity index (χ1) is 9.97. The Labute approximate surface area is 136 Å². The summed E-state index contributed by atoms with van der Waals surface area (Å²) in [5.41, 5.74) is 0.819. The SMILES string of the molecule is CC(NC(=O)CSc1nnnn1C)c1ccc(Cl)cc1Cl. The van der Waals surface area contributed by atoms with Crippen LogP contribution in [0.15, 0.2) is 23.4 Å². The summed E-state index contributed by atoms with van der Waals surface area (Å²) in [5.74, 6) is 0.102. The number of halogens is 2. The van der Waals surface area contributed by atoms with Crippen LogP contribution >= 0.6 is 35.0 Å². The van der Waals surface area contributed by atoms with Crippen LogP contribution in [0.25, 0.3) is 0 Å². The molecule has 0 saturated carbocycles. The van der Waals surface area contributed by atoms with Gasteiger partial charge in [0.1, 0.15) is 0 Å². The molecule has 0 saturated heterocycles. The molecule has 0 aliphatic heterocycles. The number of amides is 1. The zero-order valence-corrected chi connectivity index (χ0v) is 13.7. The number of carbonyl (C=O) groups is 1. The van der Waals surface area contributed by atoms with Gasteiger partial charge in [-0.1, -0.05) is 41.0 Å². The standard InChI is InChI=1S/C12H13Cl2N5OS/c1-7(9-4-3-8(13)5-10(9)14)15-11(20)6-21-12-16-17-18-19(12)2/h3-5,7H,6H2,1-2H3,(H,15,20). The quantitative estimate of drug-likeness (QED) is 0.842. The maximum Gasteiger partial charge on any atom is 0.230 e. The van der Waals surface area contributed by atoms with Gasteiger partial charge in [-0.2, -0.15) is 0 Å². The fourth-order valence-corrected chi connectivity index (χ4v) is 2.92. The number of nitrogens with zero attached hydrogens (tertiary/aromatic N) is 4. The highest BCUT2D eigenvalue weighted by atomic mass is 35.5. The highest BCUT2D eigenvalue weighted by Gasteiger charge is 2.14. The van der Waals surface area contributed by atoms with Crippen LogP contribution in [-0.4, -0.2) is 31.9 Å². The van der Waals surface area contributed by atoms with Crippen molar-refractivity contribution in [2.24, 2.45) is 7.05 Å². The average molecular weight is 346 g/mol. The molecular formula is C12H13Cl2N5OS. The smallest absolute Gasteiger partial charge is 0.230 e. The zero-order chi connectivity index (χ0) is 15.4. The van der Waals surface area contributed by atoms with Crippen LogP contribution in [0, 0.1) is 0 Å². The lowest BCUT2D eigenvalue weighted by Crippen LogP contribution is -2.28. The molecule has 0 aliphatic rings. The van der Waals surface area contributed by atoms with E-state index in [0.717, 1.165) is 5.56 Å². The monoisotopic (exact) mass is 345 g/mol. The van der Waals surface area contributed by atoms with Gasteiger partial charge in [-0.25, -0.2) is 4.68 Å². The van der Waals surface area contributed by atoms with E-state index in [1.807, 2.05) is 6.92 Å². The number of thioether (sulfide) groups is 1. The lowest BCUT2D eigenvalue weighted by molar-refractivity contribution is -0.119. The Bertz CT molecular complexity index is 648. The van der Waals surface area contributed by atoms with E-state index in [1.54, 1.807) is 25.2 Å². The molecular weight excluding hydrogens is 333 g/mol. The van der Waals surface area contributed by atoms with Gasteiger partial charge in [0.2, 0.25) is 11.1 Å². The van der Waals surface area contributed by atoms with Gasteiger partial charge in [-0.15, -0.1) is 5.10 Å². The van der Waals surface area contributed by atoms with Crippen molar-refractivity contribution >= 4 is 40.9 Å². The fraction of sp³-hybridized carbons (Fsp3) is 0.333. The van der Waals surface area contributed by atoms with Crippen molar-refractivity contribution in [2.75, 3.05) is 5.75 Å². The van der Waals surface area contributed by atoms with Crippen LogP contribution in [0.1, 0.15) is 18.5 Å². The van der Waals surface area contributed by atoms with E-state index < -0.39 is 0 Å². The molecule has 21 heavy (non-hydrogen) atoms. The highest BCUT2D eigenvalue weighted by molar-refractivity contribution is 7.99. The van der Waals surface area contributed by atoms with Gasteiger partial charge in [-0.3, -0.25) is 4.79 Å². The lowest BCUT2D eigenvalue weighted by atomic mass is 10.1. The molecule has 1 atom stereocenters. The zero-order valence-electron chi connectivity index (χ0n) is 11.4. The molecule has 112 valence electrons. The number of aryl methyl sites for hydroxylation is 1. The summed E-state index contributed by atoms with van der Waals surface area (Å²) < 4.78 is 1.51. The van der Waals surface area contributed by atoms with Crippen molar-refractivity contribution in [3.63, 3.8) is 0 Å². The Kier molecular flexibility index (Phi) is 5.44. The van der Waals surface area contributed by atoms with E-state index in [4.69, 9.17) is 23.2 Å². The van der Waals surface area contributed by atoms with Gasteiger partial charge >= 0.3 is 0 Å². The molecule has 2 rings (SSSR count). The fourth-order valence-electron chi connectivity index (χ4n) is 1.69. The Hall–Kier alpha value is -1.31. The second kappa shape index (κ2) is 7.11. The molecule has 0 radical (unpaired) electrons. The number of nitrogens with one attached hydrogen (secondary N) is 1. The summed E-state index contributed by atoms with van der Waals surface area (Å²) in [6.45, 7) is 1.86. The van der Waals surface area contributed by atoms with Gasteiger partial charge in [0, 0.05) is 17.1 Å². The summed E-state index contributed by atoms with van der Waals surface area (Å²) in [5, 5.41) is 15.6. The number of tetrazole rings is 1. The minimum Gasteiger partial charge on any atom is -0.349 e. The first-order valence-corrected chi connectivity index (χ1v) is 7.81. The number of hydrogen-bond donors (Lipinski definition) is 1. The highest BCUT2D eigenvalue weighted by Crippen LogP contribution is 2.26. The molecule has 1 N–H and O–H groups in total. The summed E-state index contributed by atoms with van der Waals surface area (Å²) in [6.07, 6.45) is 0. The number of aromatic nitrogens is 4. The number of rotatable bonds is 5. The molecule has 1 amide bonds. The maximum atomic E-state index is 11.9. The molecule has 0 bridgehead atoms. The van der Waals surface area contributed by atoms with Crippen molar-refractivity contribution in [1.82, 2.24) is 25.5 Å². The molecule has 9 heteroatoms. The predicted octanol–water partition coefficient (Wildman–Crippen LogP) is 2.49. The van der Waals surface area contributed by atoms with E-state index in [1.165, 1.54) is 16.4 Å². The largest absolute Gasteiger partial charge is 0.349 e. The number of hydrogen-bond acceptors (Lipinski definition) is 5.